The Morgan fingerprint density at radius 1 is 1.14 bits per heavy atom. The summed E-state index contributed by atoms with van der Waals surface area (Å²) in [6.45, 7) is 6.95. The second-order valence-corrected chi connectivity index (χ2v) is 9.00. The molecular weight excluding hydrogens is 316 g/mol. The van der Waals surface area contributed by atoms with Crippen LogP contribution in [-0.4, -0.2) is 0 Å². The predicted molar refractivity (Wildman–Crippen MR) is 96.2 cm³/mol. The summed E-state index contributed by atoms with van der Waals surface area (Å²) < 4.78 is 0.917. The van der Waals surface area contributed by atoms with Crippen LogP contribution in [0.15, 0.2) is 22.9 Å². The summed E-state index contributed by atoms with van der Waals surface area (Å²) in [7, 11) is 0. The Morgan fingerprint density at radius 2 is 1.86 bits per heavy atom. The second-order valence-electron chi connectivity index (χ2n) is 6.51. The Labute approximate surface area is 141 Å². The lowest BCUT2D eigenvalue weighted by molar-refractivity contribution is 0.609. The summed E-state index contributed by atoms with van der Waals surface area (Å²) in [5, 5.41) is 4.59. The van der Waals surface area contributed by atoms with E-state index in [9.17, 15) is 0 Å². The molecule has 0 nitrogen and oxygen atoms in total. The molecular formula is C18H23ClS2. The zero-order valence-electron chi connectivity index (χ0n) is 12.9. The van der Waals surface area contributed by atoms with Crippen LogP contribution in [-0.2, 0) is 0 Å². The smallest absolute Gasteiger partial charge is 0.0931 e. The maximum atomic E-state index is 6.05. The van der Waals surface area contributed by atoms with Crippen molar-refractivity contribution in [2.24, 2.45) is 5.92 Å². The second kappa shape index (κ2) is 6.44. The Balaban J connectivity index is 1.58. The molecule has 3 heteroatoms. The Hall–Kier alpha value is -0.310. The summed E-state index contributed by atoms with van der Waals surface area (Å²) in [5.41, 5.74) is 2.96. The van der Waals surface area contributed by atoms with Crippen LogP contribution in [0.5, 0.6) is 0 Å². The van der Waals surface area contributed by atoms with Crippen LogP contribution in [0.25, 0.3) is 0 Å². The van der Waals surface area contributed by atoms with Crippen molar-refractivity contribution in [3.05, 3.63) is 43.2 Å². The third-order valence-electron chi connectivity index (χ3n) is 4.92. The van der Waals surface area contributed by atoms with Crippen LogP contribution < -0.4 is 0 Å². The highest BCUT2D eigenvalue weighted by atomic mass is 35.5. The van der Waals surface area contributed by atoms with Crippen molar-refractivity contribution in [3.63, 3.8) is 0 Å². The monoisotopic (exact) mass is 338 g/mol. The lowest BCUT2D eigenvalue weighted by Gasteiger charge is -2.08. The average Bonchev–Trinajstić information content (AvgIpc) is 2.91. The van der Waals surface area contributed by atoms with Gasteiger partial charge in [-0.3, -0.25) is 0 Å². The molecule has 0 aromatic carbocycles. The Kier molecular flexibility index (Phi) is 4.78. The van der Waals surface area contributed by atoms with Crippen LogP contribution >= 0.6 is 34.3 Å². The van der Waals surface area contributed by atoms with Gasteiger partial charge in [0.05, 0.1) is 4.34 Å². The molecule has 0 bridgehead atoms. The van der Waals surface area contributed by atoms with Gasteiger partial charge in [-0.05, 0) is 77.0 Å². The first-order valence-corrected chi connectivity index (χ1v) is 10.0. The summed E-state index contributed by atoms with van der Waals surface area (Å²) in [6, 6.07) is 4.61. The molecule has 2 heterocycles. The van der Waals surface area contributed by atoms with Crippen molar-refractivity contribution in [2.75, 3.05) is 0 Å². The number of hydrogen-bond donors (Lipinski definition) is 0. The third kappa shape index (κ3) is 3.55. The van der Waals surface area contributed by atoms with Crippen molar-refractivity contribution >= 4 is 34.3 Å². The molecule has 4 unspecified atom stereocenters. The van der Waals surface area contributed by atoms with Gasteiger partial charge in [-0.2, -0.15) is 0 Å². The highest BCUT2D eigenvalue weighted by molar-refractivity contribution is 7.14. The van der Waals surface area contributed by atoms with Gasteiger partial charge >= 0.3 is 0 Å². The molecule has 1 fully saturated rings. The zero-order valence-corrected chi connectivity index (χ0v) is 15.3. The standard InChI is InChI=1S/C18H23ClS2/c1-4-11(2)14-7-17(20-9-14)16-6-13(16)5-12(3)15-8-18(19)21-10-15/h7-13,16H,4-6H2,1-3H3. The highest BCUT2D eigenvalue weighted by Gasteiger charge is 2.40. The third-order valence-corrected chi connectivity index (χ3v) is 7.11. The average molecular weight is 339 g/mol. The SMILES string of the molecule is CCC(C)c1csc(C2CC2CC(C)c2csc(Cl)c2)c1. The van der Waals surface area contributed by atoms with E-state index in [0.29, 0.717) is 11.8 Å². The molecule has 4 atom stereocenters. The first-order valence-electron chi connectivity index (χ1n) is 7.90. The van der Waals surface area contributed by atoms with Gasteiger partial charge in [0.15, 0.2) is 0 Å². The fourth-order valence-electron chi connectivity index (χ4n) is 3.09. The number of thiophene rings is 2. The molecule has 1 saturated carbocycles. The highest BCUT2D eigenvalue weighted by Crippen LogP contribution is 2.54. The Bertz CT molecular complexity index is 598. The van der Waals surface area contributed by atoms with Gasteiger partial charge < -0.3 is 0 Å². The first kappa shape index (κ1) is 15.6. The molecule has 0 aliphatic heterocycles. The van der Waals surface area contributed by atoms with E-state index in [1.807, 2.05) is 11.3 Å². The minimum atomic E-state index is 0.637. The quantitative estimate of drug-likeness (QED) is 0.519. The topological polar surface area (TPSA) is 0 Å². The van der Waals surface area contributed by atoms with Gasteiger partial charge in [0.1, 0.15) is 0 Å². The van der Waals surface area contributed by atoms with E-state index in [-0.39, 0.29) is 0 Å². The molecule has 1 aliphatic carbocycles. The van der Waals surface area contributed by atoms with E-state index in [0.717, 1.165) is 16.2 Å². The van der Waals surface area contributed by atoms with Crippen molar-refractivity contribution < 1.29 is 0 Å². The minimum absolute atomic E-state index is 0.637. The number of hydrogen-bond acceptors (Lipinski definition) is 2. The molecule has 0 radical (unpaired) electrons. The van der Waals surface area contributed by atoms with E-state index in [1.54, 1.807) is 21.8 Å². The molecule has 2 aromatic rings. The van der Waals surface area contributed by atoms with Crippen LogP contribution in [0.4, 0.5) is 0 Å². The normalized spacial score (nSPS) is 24.0. The number of halogens is 1. The van der Waals surface area contributed by atoms with Crippen molar-refractivity contribution in [1.82, 2.24) is 0 Å². The molecule has 0 N–H and O–H groups in total. The summed E-state index contributed by atoms with van der Waals surface area (Å²) >= 11 is 9.68. The fraction of sp³-hybridized carbons (Fsp3) is 0.556. The van der Waals surface area contributed by atoms with E-state index in [4.69, 9.17) is 11.6 Å². The van der Waals surface area contributed by atoms with Crippen LogP contribution in [0.3, 0.4) is 0 Å². The van der Waals surface area contributed by atoms with Crippen molar-refractivity contribution in [3.8, 4) is 0 Å². The van der Waals surface area contributed by atoms with Gasteiger partial charge in [-0.15, -0.1) is 22.7 Å². The first-order chi connectivity index (χ1) is 10.1. The van der Waals surface area contributed by atoms with Crippen LogP contribution in [0.1, 0.15) is 73.8 Å². The lowest BCUT2D eigenvalue weighted by atomic mass is 9.97. The fourth-order valence-corrected chi connectivity index (χ4v) is 5.34. The van der Waals surface area contributed by atoms with E-state index in [2.05, 4.69) is 43.7 Å². The molecule has 0 saturated heterocycles. The number of rotatable bonds is 6. The molecule has 21 heavy (non-hydrogen) atoms. The van der Waals surface area contributed by atoms with E-state index < -0.39 is 0 Å². The zero-order chi connectivity index (χ0) is 15.0. The predicted octanol–water partition coefficient (Wildman–Crippen LogP) is 7.27. The minimum Gasteiger partial charge on any atom is -0.148 e. The van der Waals surface area contributed by atoms with E-state index >= 15 is 0 Å². The summed E-state index contributed by atoms with van der Waals surface area (Å²) in [6.07, 6.45) is 3.91. The Morgan fingerprint density at radius 3 is 2.52 bits per heavy atom. The molecule has 0 amide bonds. The largest absolute Gasteiger partial charge is 0.148 e. The van der Waals surface area contributed by atoms with Crippen LogP contribution in [0.2, 0.25) is 4.34 Å². The van der Waals surface area contributed by atoms with Crippen LogP contribution in [0, 0.1) is 5.92 Å². The van der Waals surface area contributed by atoms with Crippen molar-refractivity contribution in [1.29, 1.82) is 0 Å². The van der Waals surface area contributed by atoms with Gasteiger partial charge in [0.2, 0.25) is 0 Å². The molecule has 1 aliphatic rings. The summed E-state index contributed by atoms with van der Waals surface area (Å²) in [5.74, 6) is 3.04. The maximum Gasteiger partial charge on any atom is 0.0931 e. The van der Waals surface area contributed by atoms with Gasteiger partial charge in [0, 0.05) is 4.88 Å². The molecule has 114 valence electrons. The lowest BCUT2D eigenvalue weighted by Crippen LogP contribution is -1.94. The summed E-state index contributed by atoms with van der Waals surface area (Å²) in [4.78, 5) is 1.62. The molecule has 2 aromatic heterocycles. The van der Waals surface area contributed by atoms with Gasteiger partial charge in [0.25, 0.3) is 0 Å². The molecule has 3 rings (SSSR count). The van der Waals surface area contributed by atoms with Gasteiger partial charge in [-0.25, -0.2) is 0 Å². The maximum absolute atomic E-state index is 6.05. The van der Waals surface area contributed by atoms with E-state index in [1.165, 1.54) is 24.8 Å². The van der Waals surface area contributed by atoms with Crippen molar-refractivity contribution in [2.45, 2.75) is 57.8 Å². The molecule has 0 spiro atoms. The van der Waals surface area contributed by atoms with Gasteiger partial charge in [-0.1, -0.05) is 32.4 Å².